The van der Waals surface area contributed by atoms with E-state index in [4.69, 9.17) is 4.74 Å². The van der Waals surface area contributed by atoms with E-state index in [1.807, 2.05) is 19.1 Å². The minimum Gasteiger partial charge on any atom is -0.376 e. The van der Waals surface area contributed by atoms with Gasteiger partial charge in [-0.15, -0.1) is 0 Å². The van der Waals surface area contributed by atoms with E-state index in [0.717, 1.165) is 29.0 Å². The van der Waals surface area contributed by atoms with Crippen LogP contribution in [0.25, 0.3) is 0 Å². The van der Waals surface area contributed by atoms with E-state index in [1.54, 1.807) is 0 Å². The van der Waals surface area contributed by atoms with Gasteiger partial charge in [-0.3, -0.25) is 0 Å². The molecule has 1 aliphatic heterocycles. The zero-order chi connectivity index (χ0) is 10.8. The van der Waals surface area contributed by atoms with Crippen molar-refractivity contribution in [3.8, 4) is 0 Å². The number of nitrogens with one attached hydrogen (secondary N) is 1. The van der Waals surface area contributed by atoms with Crippen molar-refractivity contribution >= 4 is 21.7 Å². The molecule has 1 aromatic heterocycles. The lowest BCUT2D eigenvalue weighted by molar-refractivity contribution is 0.121. The Labute approximate surface area is 98.4 Å². The zero-order valence-electron chi connectivity index (χ0n) is 8.96. The third-order valence-electron chi connectivity index (χ3n) is 2.73. The fraction of sp³-hybridized carbons (Fsp3) is 0.545. The van der Waals surface area contributed by atoms with Gasteiger partial charge in [0.25, 0.3) is 0 Å². The summed E-state index contributed by atoms with van der Waals surface area (Å²) in [6, 6.07) is 4.39. The summed E-state index contributed by atoms with van der Waals surface area (Å²) in [5.74, 6) is 0.929. The van der Waals surface area contributed by atoms with Gasteiger partial charge >= 0.3 is 0 Å². The molecule has 2 rings (SSSR count). The van der Waals surface area contributed by atoms with Crippen molar-refractivity contribution in [2.24, 2.45) is 0 Å². The van der Waals surface area contributed by atoms with Crippen LogP contribution in [-0.2, 0) is 4.74 Å². The Morgan fingerprint density at radius 3 is 2.93 bits per heavy atom. The number of halogens is 1. The Hall–Kier alpha value is -0.610. The van der Waals surface area contributed by atoms with Gasteiger partial charge < -0.3 is 10.1 Å². The number of ether oxygens (including phenoxy) is 1. The molecule has 1 N–H and O–H groups in total. The highest BCUT2D eigenvalue weighted by Crippen LogP contribution is 2.20. The molecule has 15 heavy (non-hydrogen) atoms. The van der Waals surface area contributed by atoms with Gasteiger partial charge in [0.1, 0.15) is 5.82 Å². The number of aryl methyl sites for hydroxylation is 1. The molecule has 0 amide bonds. The minimum atomic E-state index is 0.274. The summed E-state index contributed by atoms with van der Waals surface area (Å²) in [7, 11) is 0. The lowest BCUT2D eigenvalue weighted by atomic mass is 10.1. The predicted octanol–water partition coefficient (Wildman–Crippen LogP) is 2.74. The molecule has 0 saturated carbocycles. The molecule has 0 aromatic carbocycles. The smallest absolute Gasteiger partial charge is 0.126 e. The average molecular weight is 271 g/mol. The Morgan fingerprint density at radius 1 is 1.53 bits per heavy atom. The number of anilines is 1. The summed E-state index contributed by atoms with van der Waals surface area (Å²) in [6.45, 7) is 4.93. The fourth-order valence-electron chi connectivity index (χ4n) is 1.74. The molecule has 82 valence electrons. The van der Waals surface area contributed by atoms with Crippen molar-refractivity contribution in [3.63, 3.8) is 0 Å². The topological polar surface area (TPSA) is 34.2 Å². The Bertz CT molecular complexity index is 356. The second-order valence-electron chi connectivity index (χ2n) is 3.88. The monoisotopic (exact) mass is 270 g/mol. The lowest BCUT2D eigenvalue weighted by Crippen LogP contribution is -2.27. The Kier molecular flexibility index (Phi) is 3.26. The predicted molar refractivity (Wildman–Crippen MR) is 64.1 cm³/mol. The molecule has 1 aromatic rings. The van der Waals surface area contributed by atoms with E-state index in [1.165, 1.54) is 0 Å². The molecule has 0 bridgehead atoms. The molecule has 2 unspecified atom stereocenters. The highest BCUT2D eigenvalue weighted by molar-refractivity contribution is 9.10. The Morgan fingerprint density at radius 2 is 2.33 bits per heavy atom. The molecular weight excluding hydrogens is 256 g/mol. The van der Waals surface area contributed by atoms with E-state index >= 15 is 0 Å². The molecule has 2 atom stereocenters. The molecule has 1 saturated heterocycles. The van der Waals surface area contributed by atoms with Crippen molar-refractivity contribution < 1.29 is 4.74 Å². The van der Waals surface area contributed by atoms with Crippen LogP contribution >= 0.6 is 15.9 Å². The van der Waals surface area contributed by atoms with Crippen LogP contribution in [0, 0.1) is 6.92 Å². The van der Waals surface area contributed by atoms with Crippen LogP contribution in [0.1, 0.15) is 19.0 Å². The molecular formula is C11H15BrN2O. The minimum absolute atomic E-state index is 0.274. The maximum atomic E-state index is 5.49. The summed E-state index contributed by atoms with van der Waals surface area (Å²) >= 11 is 3.44. The SMILES string of the molecule is Cc1nc(NC2CCOC2C)ccc1Br. The molecule has 4 heteroatoms. The first kappa shape index (κ1) is 10.9. The van der Waals surface area contributed by atoms with Gasteiger partial charge in [-0.1, -0.05) is 0 Å². The molecule has 2 heterocycles. The maximum Gasteiger partial charge on any atom is 0.126 e. The average Bonchev–Trinajstić information content (AvgIpc) is 2.59. The highest BCUT2D eigenvalue weighted by atomic mass is 79.9. The number of hydrogen-bond donors (Lipinski definition) is 1. The maximum absolute atomic E-state index is 5.49. The van der Waals surface area contributed by atoms with Gasteiger partial charge in [-0.2, -0.15) is 0 Å². The summed E-state index contributed by atoms with van der Waals surface area (Å²) < 4.78 is 6.54. The molecule has 0 spiro atoms. The quantitative estimate of drug-likeness (QED) is 0.898. The fourth-order valence-corrected chi connectivity index (χ4v) is 1.96. The number of rotatable bonds is 2. The first-order chi connectivity index (χ1) is 7.16. The first-order valence-corrected chi connectivity index (χ1v) is 5.97. The van der Waals surface area contributed by atoms with E-state index in [0.29, 0.717) is 6.04 Å². The van der Waals surface area contributed by atoms with Crippen molar-refractivity contribution in [2.75, 3.05) is 11.9 Å². The van der Waals surface area contributed by atoms with Crippen LogP contribution in [0.15, 0.2) is 16.6 Å². The van der Waals surface area contributed by atoms with Gasteiger partial charge in [-0.25, -0.2) is 4.98 Å². The second-order valence-corrected chi connectivity index (χ2v) is 4.73. The summed E-state index contributed by atoms with van der Waals surface area (Å²) in [4.78, 5) is 4.46. The van der Waals surface area contributed by atoms with E-state index in [2.05, 4.69) is 33.2 Å². The number of aromatic nitrogens is 1. The van der Waals surface area contributed by atoms with Crippen LogP contribution in [0.3, 0.4) is 0 Å². The number of hydrogen-bond acceptors (Lipinski definition) is 3. The first-order valence-electron chi connectivity index (χ1n) is 5.18. The molecule has 1 fully saturated rings. The van der Waals surface area contributed by atoms with Crippen molar-refractivity contribution in [2.45, 2.75) is 32.4 Å². The van der Waals surface area contributed by atoms with Gasteiger partial charge in [0.15, 0.2) is 0 Å². The third-order valence-corrected chi connectivity index (χ3v) is 3.57. The lowest BCUT2D eigenvalue weighted by Gasteiger charge is -2.16. The summed E-state index contributed by atoms with van der Waals surface area (Å²) in [5.41, 5.74) is 1.01. The van der Waals surface area contributed by atoms with Crippen LogP contribution < -0.4 is 5.32 Å². The molecule has 0 aliphatic carbocycles. The molecule has 3 nitrogen and oxygen atoms in total. The van der Waals surface area contributed by atoms with Gasteiger partial charge in [0.2, 0.25) is 0 Å². The van der Waals surface area contributed by atoms with Crippen LogP contribution in [0.5, 0.6) is 0 Å². The highest BCUT2D eigenvalue weighted by Gasteiger charge is 2.24. The van der Waals surface area contributed by atoms with Gasteiger partial charge in [0.05, 0.1) is 17.8 Å². The standard InChI is InChI=1S/C11H15BrN2O/c1-7-9(12)3-4-11(13-7)14-10-5-6-15-8(10)2/h3-4,8,10H,5-6H2,1-2H3,(H,13,14). The normalized spacial score (nSPS) is 25.5. The van der Waals surface area contributed by atoms with Gasteiger partial charge in [0, 0.05) is 11.1 Å². The van der Waals surface area contributed by atoms with Crippen molar-refractivity contribution in [1.82, 2.24) is 4.98 Å². The van der Waals surface area contributed by atoms with Crippen molar-refractivity contribution in [3.05, 3.63) is 22.3 Å². The van der Waals surface area contributed by atoms with Crippen LogP contribution in [-0.4, -0.2) is 23.7 Å². The van der Waals surface area contributed by atoms with Crippen LogP contribution in [0.2, 0.25) is 0 Å². The number of pyridine rings is 1. The molecule has 1 aliphatic rings. The van der Waals surface area contributed by atoms with E-state index in [-0.39, 0.29) is 6.10 Å². The van der Waals surface area contributed by atoms with E-state index < -0.39 is 0 Å². The second kappa shape index (κ2) is 4.49. The third kappa shape index (κ3) is 2.49. The number of nitrogens with zero attached hydrogens (tertiary/aromatic N) is 1. The van der Waals surface area contributed by atoms with Gasteiger partial charge in [-0.05, 0) is 48.3 Å². The zero-order valence-corrected chi connectivity index (χ0v) is 10.5. The van der Waals surface area contributed by atoms with Crippen LogP contribution in [0.4, 0.5) is 5.82 Å². The molecule has 0 radical (unpaired) electrons. The Balaban J connectivity index is 2.07. The summed E-state index contributed by atoms with van der Waals surface area (Å²) in [6.07, 6.45) is 1.33. The van der Waals surface area contributed by atoms with Crippen molar-refractivity contribution in [1.29, 1.82) is 0 Å². The largest absolute Gasteiger partial charge is 0.376 e. The van der Waals surface area contributed by atoms with E-state index in [9.17, 15) is 0 Å². The summed E-state index contributed by atoms with van der Waals surface area (Å²) in [5, 5.41) is 3.40.